The van der Waals surface area contributed by atoms with E-state index in [2.05, 4.69) is 15.6 Å². The molecule has 6 heteroatoms. The number of nitrogens with one attached hydrogen (secondary N) is 2. The Bertz CT molecular complexity index is 627. The van der Waals surface area contributed by atoms with Crippen LogP contribution in [0.15, 0.2) is 48.7 Å². The van der Waals surface area contributed by atoms with Gasteiger partial charge in [0.05, 0.1) is 25.9 Å². The molecule has 0 bridgehead atoms. The zero-order valence-electron chi connectivity index (χ0n) is 12.2. The van der Waals surface area contributed by atoms with Crippen molar-refractivity contribution in [3.05, 3.63) is 59.9 Å². The highest BCUT2D eigenvalue weighted by molar-refractivity contribution is 5.96. The van der Waals surface area contributed by atoms with E-state index < -0.39 is 0 Å². The van der Waals surface area contributed by atoms with E-state index in [9.17, 15) is 9.59 Å². The first kappa shape index (κ1) is 15.5. The number of hydrogen-bond donors (Lipinski definition) is 2. The van der Waals surface area contributed by atoms with Crippen LogP contribution < -0.4 is 15.4 Å². The normalized spacial score (nSPS) is 9.86. The highest BCUT2D eigenvalue weighted by Crippen LogP contribution is 2.10. The van der Waals surface area contributed by atoms with Crippen LogP contribution in [0.3, 0.4) is 0 Å². The summed E-state index contributed by atoms with van der Waals surface area (Å²) in [7, 11) is 1.56. The summed E-state index contributed by atoms with van der Waals surface area (Å²) in [4.78, 5) is 27.7. The molecule has 0 aliphatic carbocycles. The SMILES string of the molecule is COc1ccc(C(=O)NCC(=O)NCc2ccccn2)cc1. The maximum absolute atomic E-state index is 11.9. The fraction of sp³-hybridized carbons (Fsp3) is 0.188. The van der Waals surface area contributed by atoms with Gasteiger partial charge in [0.2, 0.25) is 5.91 Å². The summed E-state index contributed by atoms with van der Waals surface area (Å²) in [6.45, 7) is 0.246. The molecule has 2 rings (SSSR count). The average molecular weight is 299 g/mol. The number of rotatable bonds is 6. The van der Waals surface area contributed by atoms with Crippen LogP contribution in [-0.2, 0) is 11.3 Å². The van der Waals surface area contributed by atoms with Crippen LogP contribution in [0.5, 0.6) is 5.75 Å². The van der Waals surface area contributed by atoms with Crippen molar-refractivity contribution < 1.29 is 14.3 Å². The van der Waals surface area contributed by atoms with Gasteiger partial charge >= 0.3 is 0 Å². The molecule has 0 radical (unpaired) electrons. The summed E-state index contributed by atoms with van der Waals surface area (Å²) in [6, 6.07) is 12.1. The molecule has 0 saturated carbocycles. The first-order chi connectivity index (χ1) is 10.7. The molecule has 1 aromatic heterocycles. The van der Waals surface area contributed by atoms with E-state index in [1.807, 2.05) is 12.1 Å². The van der Waals surface area contributed by atoms with Crippen LogP contribution in [0.4, 0.5) is 0 Å². The van der Waals surface area contributed by atoms with Crippen molar-refractivity contribution in [3.63, 3.8) is 0 Å². The molecule has 0 spiro atoms. The predicted molar refractivity (Wildman–Crippen MR) is 81.4 cm³/mol. The highest BCUT2D eigenvalue weighted by Gasteiger charge is 2.08. The minimum absolute atomic E-state index is 0.0856. The van der Waals surface area contributed by atoms with Gasteiger partial charge in [-0.1, -0.05) is 6.07 Å². The summed E-state index contributed by atoms with van der Waals surface area (Å²) in [5, 5.41) is 5.25. The van der Waals surface area contributed by atoms with E-state index in [1.165, 1.54) is 0 Å². The average Bonchev–Trinajstić information content (AvgIpc) is 2.58. The number of hydrogen-bond acceptors (Lipinski definition) is 4. The molecule has 0 aliphatic heterocycles. The zero-order valence-corrected chi connectivity index (χ0v) is 12.2. The molecule has 2 aromatic rings. The van der Waals surface area contributed by atoms with E-state index >= 15 is 0 Å². The fourth-order valence-corrected chi connectivity index (χ4v) is 1.76. The third-order valence-corrected chi connectivity index (χ3v) is 2.95. The van der Waals surface area contributed by atoms with Crippen molar-refractivity contribution in [2.45, 2.75) is 6.54 Å². The summed E-state index contributed by atoms with van der Waals surface area (Å²) < 4.78 is 5.02. The van der Waals surface area contributed by atoms with Crippen molar-refractivity contribution >= 4 is 11.8 Å². The summed E-state index contributed by atoms with van der Waals surface area (Å²) in [6.07, 6.45) is 1.66. The summed E-state index contributed by atoms with van der Waals surface area (Å²) in [5.74, 6) is 0.0906. The Labute approximate surface area is 128 Å². The smallest absolute Gasteiger partial charge is 0.251 e. The van der Waals surface area contributed by atoms with Gasteiger partial charge in [0.25, 0.3) is 5.91 Å². The Balaban J connectivity index is 1.76. The maximum atomic E-state index is 11.9. The second-order valence-electron chi connectivity index (χ2n) is 4.51. The lowest BCUT2D eigenvalue weighted by molar-refractivity contribution is -0.120. The molecule has 6 nitrogen and oxygen atoms in total. The molecule has 0 saturated heterocycles. The van der Waals surface area contributed by atoms with E-state index in [1.54, 1.807) is 43.6 Å². The molecule has 1 aromatic carbocycles. The molecule has 2 N–H and O–H groups in total. The Morgan fingerprint density at radius 2 is 1.86 bits per heavy atom. The van der Waals surface area contributed by atoms with E-state index in [0.29, 0.717) is 17.9 Å². The van der Waals surface area contributed by atoms with Crippen LogP contribution in [0, 0.1) is 0 Å². The number of methoxy groups -OCH3 is 1. The van der Waals surface area contributed by atoms with Crippen molar-refractivity contribution in [1.29, 1.82) is 0 Å². The largest absolute Gasteiger partial charge is 0.497 e. The van der Waals surface area contributed by atoms with Gasteiger partial charge < -0.3 is 15.4 Å². The Kier molecular flexibility index (Phi) is 5.48. The van der Waals surface area contributed by atoms with E-state index in [0.717, 1.165) is 5.69 Å². The number of nitrogens with zero attached hydrogens (tertiary/aromatic N) is 1. The van der Waals surface area contributed by atoms with E-state index in [-0.39, 0.29) is 18.4 Å². The van der Waals surface area contributed by atoms with Crippen LogP contribution in [0.1, 0.15) is 16.1 Å². The lowest BCUT2D eigenvalue weighted by atomic mass is 10.2. The first-order valence-corrected chi connectivity index (χ1v) is 6.78. The van der Waals surface area contributed by atoms with Gasteiger partial charge in [-0.05, 0) is 36.4 Å². The number of carbonyl (C=O) groups excluding carboxylic acids is 2. The minimum atomic E-state index is -0.310. The number of carbonyl (C=O) groups is 2. The molecular weight excluding hydrogens is 282 g/mol. The maximum Gasteiger partial charge on any atom is 0.251 e. The lowest BCUT2D eigenvalue weighted by Crippen LogP contribution is -2.36. The molecule has 22 heavy (non-hydrogen) atoms. The van der Waals surface area contributed by atoms with Crippen molar-refractivity contribution in [1.82, 2.24) is 15.6 Å². The Morgan fingerprint density at radius 1 is 1.09 bits per heavy atom. The number of ether oxygens (including phenoxy) is 1. The summed E-state index contributed by atoms with van der Waals surface area (Å²) in [5.41, 5.74) is 1.23. The van der Waals surface area contributed by atoms with Crippen molar-refractivity contribution in [2.24, 2.45) is 0 Å². The molecule has 114 valence electrons. The van der Waals surface area contributed by atoms with Gasteiger partial charge in [-0.15, -0.1) is 0 Å². The van der Waals surface area contributed by atoms with Gasteiger partial charge in [0.1, 0.15) is 5.75 Å². The summed E-state index contributed by atoms with van der Waals surface area (Å²) >= 11 is 0. The van der Waals surface area contributed by atoms with Crippen molar-refractivity contribution in [3.8, 4) is 5.75 Å². The molecule has 0 unspecified atom stereocenters. The van der Waals surface area contributed by atoms with Crippen LogP contribution in [0.2, 0.25) is 0 Å². The third-order valence-electron chi connectivity index (χ3n) is 2.95. The molecule has 0 aliphatic rings. The minimum Gasteiger partial charge on any atom is -0.497 e. The fourth-order valence-electron chi connectivity index (χ4n) is 1.76. The number of amides is 2. The Hall–Kier alpha value is -2.89. The number of benzene rings is 1. The van der Waals surface area contributed by atoms with Crippen LogP contribution in [0.25, 0.3) is 0 Å². The van der Waals surface area contributed by atoms with Crippen molar-refractivity contribution in [2.75, 3.05) is 13.7 Å². The molecule has 0 atom stereocenters. The quantitative estimate of drug-likeness (QED) is 0.838. The monoisotopic (exact) mass is 299 g/mol. The van der Waals surface area contributed by atoms with Gasteiger partial charge in [0, 0.05) is 11.8 Å². The second-order valence-corrected chi connectivity index (χ2v) is 4.51. The second kappa shape index (κ2) is 7.78. The lowest BCUT2D eigenvalue weighted by Gasteiger charge is -2.07. The van der Waals surface area contributed by atoms with Gasteiger partial charge in [-0.3, -0.25) is 14.6 Å². The molecule has 0 fully saturated rings. The zero-order chi connectivity index (χ0) is 15.8. The predicted octanol–water partition coefficient (Wildman–Crippen LogP) is 1.14. The molecular formula is C16H17N3O3. The molecule has 2 amide bonds. The van der Waals surface area contributed by atoms with Gasteiger partial charge in [0.15, 0.2) is 0 Å². The van der Waals surface area contributed by atoms with Gasteiger partial charge in [-0.2, -0.15) is 0 Å². The van der Waals surface area contributed by atoms with Crippen LogP contribution >= 0.6 is 0 Å². The Morgan fingerprint density at radius 3 is 2.50 bits per heavy atom. The first-order valence-electron chi connectivity index (χ1n) is 6.78. The molecule has 1 heterocycles. The third kappa shape index (κ3) is 4.59. The highest BCUT2D eigenvalue weighted by atomic mass is 16.5. The standard InChI is InChI=1S/C16H17N3O3/c1-22-14-7-5-12(6-8-14)16(21)19-11-15(20)18-10-13-4-2-3-9-17-13/h2-9H,10-11H2,1H3,(H,18,20)(H,19,21). The topological polar surface area (TPSA) is 80.3 Å². The number of pyridine rings is 1. The van der Waals surface area contributed by atoms with Crippen LogP contribution in [-0.4, -0.2) is 30.5 Å². The number of aromatic nitrogens is 1. The van der Waals surface area contributed by atoms with E-state index in [4.69, 9.17) is 4.74 Å². The van der Waals surface area contributed by atoms with Gasteiger partial charge in [-0.25, -0.2) is 0 Å².